The summed E-state index contributed by atoms with van der Waals surface area (Å²) in [7, 11) is 0. The van der Waals surface area contributed by atoms with Crippen molar-refractivity contribution >= 4 is 49.7 Å². The molecule has 3 rings (SSSR count). The number of rotatable bonds is 4. The number of para-hydroxylation sites is 1. The molecule has 22 heavy (non-hydrogen) atoms. The zero-order valence-electron chi connectivity index (χ0n) is 12.2. The number of hydrogen-bond donors (Lipinski definition) is 1. The fourth-order valence-electron chi connectivity index (χ4n) is 1.95. The Kier molecular flexibility index (Phi) is 5.63. The molecule has 0 aliphatic rings. The number of carbonyl (C=O) groups is 2. The third kappa shape index (κ3) is 3.18. The Labute approximate surface area is 140 Å². The van der Waals surface area contributed by atoms with Gasteiger partial charge in [0.15, 0.2) is 10.8 Å². The molecule has 0 unspecified atom stereocenters. The lowest BCUT2D eigenvalue weighted by Gasteiger charge is -1.95. The van der Waals surface area contributed by atoms with Gasteiger partial charge in [-0.15, -0.1) is 11.3 Å². The Balaban J connectivity index is 0.000000847. The van der Waals surface area contributed by atoms with Gasteiger partial charge in [0.05, 0.1) is 10.9 Å². The first-order chi connectivity index (χ1) is 10.7. The molecule has 0 saturated heterocycles. The molecule has 6 heteroatoms. The van der Waals surface area contributed by atoms with E-state index in [0.29, 0.717) is 16.3 Å². The van der Waals surface area contributed by atoms with Crippen molar-refractivity contribution in [3.8, 4) is 0 Å². The van der Waals surface area contributed by atoms with Crippen molar-refractivity contribution in [1.29, 1.82) is 0 Å². The highest BCUT2D eigenvalue weighted by Crippen LogP contribution is 2.22. The average Bonchev–Trinajstić information content (AvgIpc) is 3.22. The van der Waals surface area contributed by atoms with E-state index in [2.05, 4.69) is 25.9 Å². The average molecular weight is 379 g/mol. The van der Waals surface area contributed by atoms with Crippen molar-refractivity contribution in [2.24, 2.45) is 0 Å². The first-order valence-electron chi connectivity index (χ1n) is 6.86. The fourth-order valence-corrected chi connectivity index (χ4v) is 3.01. The van der Waals surface area contributed by atoms with Crippen molar-refractivity contribution in [2.75, 3.05) is 5.33 Å². The van der Waals surface area contributed by atoms with E-state index >= 15 is 0 Å². The molecular weight excluding hydrogens is 364 g/mol. The van der Waals surface area contributed by atoms with Crippen LogP contribution in [0.3, 0.4) is 0 Å². The van der Waals surface area contributed by atoms with Crippen molar-refractivity contribution < 1.29 is 9.59 Å². The summed E-state index contributed by atoms with van der Waals surface area (Å²) in [5.74, 6) is -0.291. The van der Waals surface area contributed by atoms with E-state index in [4.69, 9.17) is 0 Å². The second-order valence-corrected chi connectivity index (χ2v) is 5.59. The van der Waals surface area contributed by atoms with Gasteiger partial charge >= 0.3 is 0 Å². The van der Waals surface area contributed by atoms with Gasteiger partial charge < -0.3 is 4.98 Å². The summed E-state index contributed by atoms with van der Waals surface area (Å²) >= 11 is 4.29. The molecule has 0 amide bonds. The van der Waals surface area contributed by atoms with Crippen molar-refractivity contribution in [1.82, 2.24) is 9.97 Å². The van der Waals surface area contributed by atoms with Gasteiger partial charge in [0.1, 0.15) is 5.69 Å². The second-order valence-electron chi connectivity index (χ2n) is 4.17. The van der Waals surface area contributed by atoms with Gasteiger partial charge in [-0.1, -0.05) is 48.0 Å². The largest absolute Gasteiger partial charge is 0.360 e. The van der Waals surface area contributed by atoms with Gasteiger partial charge in [-0.05, 0) is 6.07 Å². The van der Waals surface area contributed by atoms with Crippen LogP contribution < -0.4 is 0 Å². The second kappa shape index (κ2) is 7.47. The van der Waals surface area contributed by atoms with Crippen LogP contribution in [0.4, 0.5) is 0 Å². The Morgan fingerprint density at radius 1 is 1.27 bits per heavy atom. The molecule has 1 N–H and O–H groups in total. The SMILES string of the molecule is CC.O=C(CBr)c1csc(C(=O)c2c[nH]c3ccccc23)n1. The van der Waals surface area contributed by atoms with Gasteiger partial charge in [-0.3, -0.25) is 9.59 Å². The molecule has 3 aromatic rings. The molecule has 0 spiro atoms. The molecule has 0 aliphatic carbocycles. The fraction of sp³-hybridized carbons (Fsp3) is 0.188. The van der Waals surface area contributed by atoms with Gasteiger partial charge in [0.2, 0.25) is 5.78 Å². The molecule has 0 atom stereocenters. The maximum Gasteiger partial charge on any atom is 0.223 e. The van der Waals surface area contributed by atoms with E-state index in [-0.39, 0.29) is 16.9 Å². The number of Topliss-reactive ketones (excluding diaryl/α,β-unsaturated/α-hetero) is 1. The molecular formula is C16H15BrN2O2S. The summed E-state index contributed by atoms with van der Waals surface area (Å²) < 4.78 is 0. The van der Waals surface area contributed by atoms with E-state index in [9.17, 15) is 9.59 Å². The molecule has 1 aromatic carbocycles. The van der Waals surface area contributed by atoms with Crippen LogP contribution in [0.15, 0.2) is 35.8 Å². The Morgan fingerprint density at radius 2 is 2.00 bits per heavy atom. The third-order valence-corrected chi connectivity index (χ3v) is 4.29. The zero-order chi connectivity index (χ0) is 16.1. The predicted molar refractivity (Wildman–Crippen MR) is 93.3 cm³/mol. The van der Waals surface area contributed by atoms with Crippen LogP contribution in [0, 0.1) is 0 Å². The van der Waals surface area contributed by atoms with Crippen molar-refractivity contribution in [2.45, 2.75) is 13.8 Å². The summed E-state index contributed by atoms with van der Waals surface area (Å²) in [6, 6.07) is 7.59. The molecule has 2 aromatic heterocycles. The minimum absolute atomic E-state index is 0.126. The maximum atomic E-state index is 12.5. The highest BCUT2D eigenvalue weighted by molar-refractivity contribution is 9.09. The summed E-state index contributed by atoms with van der Waals surface area (Å²) in [5, 5.41) is 3.02. The lowest BCUT2D eigenvalue weighted by Crippen LogP contribution is -2.04. The monoisotopic (exact) mass is 378 g/mol. The third-order valence-electron chi connectivity index (χ3n) is 2.94. The number of aromatic nitrogens is 2. The number of halogens is 1. The zero-order valence-corrected chi connectivity index (χ0v) is 14.6. The topological polar surface area (TPSA) is 62.8 Å². The maximum absolute atomic E-state index is 12.5. The van der Waals surface area contributed by atoms with E-state index in [1.165, 1.54) is 11.3 Å². The Morgan fingerprint density at radius 3 is 2.73 bits per heavy atom. The predicted octanol–water partition coefficient (Wildman–Crippen LogP) is 4.46. The van der Waals surface area contributed by atoms with Crippen LogP contribution in [0.2, 0.25) is 0 Å². The standard InChI is InChI=1S/C14H9BrN2O2S.C2H6/c15-5-12(18)11-7-20-14(17-11)13(19)9-6-16-10-4-2-1-3-8(9)10;1-2/h1-4,6-7,16H,5H2;1-2H3. The number of thiazole rings is 1. The number of aromatic amines is 1. The molecule has 114 valence electrons. The number of fused-ring (bicyclic) bond motifs is 1. The van der Waals surface area contributed by atoms with Gasteiger partial charge in [-0.25, -0.2) is 4.98 Å². The molecule has 0 aliphatic heterocycles. The van der Waals surface area contributed by atoms with Gasteiger partial charge in [0, 0.05) is 22.5 Å². The molecule has 4 nitrogen and oxygen atoms in total. The summed E-state index contributed by atoms with van der Waals surface area (Å²) in [5.41, 5.74) is 1.81. The quantitative estimate of drug-likeness (QED) is 0.538. The van der Waals surface area contributed by atoms with E-state index in [0.717, 1.165) is 10.9 Å². The summed E-state index contributed by atoms with van der Waals surface area (Å²) in [6.45, 7) is 4.00. The van der Waals surface area contributed by atoms with Crippen LogP contribution in [0.1, 0.15) is 39.7 Å². The molecule has 0 fully saturated rings. The lowest BCUT2D eigenvalue weighted by molar-refractivity contribution is 0.101. The Bertz CT molecular complexity index is 807. The van der Waals surface area contributed by atoms with Crippen molar-refractivity contribution in [3.05, 3.63) is 52.1 Å². The first-order valence-corrected chi connectivity index (χ1v) is 8.86. The summed E-state index contributed by atoms with van der Waals surface area (Å²) in [4.78, 5) is 31.2. The van der Waals surface area contributed by atoms with Crippen molar-refractivity contribution in [3.63, 3.8) is 0 Å². The minimum Gasteiger partial charge on any atom is -0.360 e. The highest BCUT2D eigenvalue weighted by Gasteiger charge is 2.19. The lowest BCUT2D eigenvalue weighted by atomic mass is 10.1. The Hall–Kier alpha value is -1.79. The number of nitrogens with zero attached hydrogens (tertiary/aromatic N) is 1. The van der Waals surface area contributed by atoms with E-state index in [1.54, 1.807) is 11.6 Å². The van der Waals surface area contributed by atoms with Crippen LogP contribution in [0.25, 0.3) is 10.9 Å². The number of benzene rings is 1. The number of carbonyl (C=O) groups excluding carboxylic acids is 2. The molecule has 0 bridgehead atoms. The highest BCUT2D eigenvalue weighted by atomic mass is 79.9. The minimum atomic E-state index is -0.166. The molecule has 2 heterocycles. The van der Waals surface area contributed by atoms with E-state index < -0.39 is 0 Å². The molecule has 0 saturated carbocycles. The van der Waals surface area contributed by atoms with Crippen LogP contribution in [-0.2, 0) is 0 Å². The summed E-state index contributed by atoms with van der Waals surface area (Å²) in [6.07, 6.45) is 1.68. The van der Waals surface area contributed by atoms with E-state index in [1.807, 2.05) is 38.1 Å². The van der Waals surface area contributed by atoms with Gasteiger partial charge in [-0.2, -0.15) is 0 Å². The smallest absolute Gasteiger partial charge is 0.223 e. The molecule has 0 radical (unpaired) electrons. The van der Waals surface area contributed by atoms with Gasteiger partial charge in [0.25, 0.3) is 0 Å². The van der Waals surface area contributed by atoms with Crippen LogP contribution in [0.5, 0.6) is 0 Å². The first kappa shape index (κ1) is 16.6. The van der Waals surface area contributed by atoms with Crippen LogP contribution in [-0.4, -0.2) is 26.9 Å². The number of H-pyrrole nitrogens is 1. The number of hydrogen-bond acceptors (Lipinski definition) is 4. The normalized spacial score (nSPS) is 10.1. The number of nitrogens with one attached hydrogen (secondary N) is 1. The van der Waals surface area contributed by atoms with Crippen LogP contribution >= 0.6 is 27.3 Å². The number of ketones is 2. The number of alkyl halides is 1.